The number of aromatic nitrogens is 1. The van der Waals surface area contributed by atoms with Crippen LogP contribution in [0.4, 0.5) is 4.79 Å². The van der Waals surface area contributed by atoms with Crippen molar-refractivity contribution in [1.82, 2.24) is 10.3 Å². The number of alkyl carbamates (subject to hydrolysis) is 1. The molecule has 1 heterocycles. The van der Waals surface area contributed by atoms with Gasteiger partial charge in [-0.25, -0.2) is 4.79 Å². The lowest BCUT2D eigenvalue weighted by atomic mass is 9.98. The number of hydrogen-bond acceptors (Lipinski definition) is 3. The van der Waals surface area contributed by atoms with Gasteiger partial charge in [-0.1, -0.05) is 54.6 Å². The van der Waals surface area contributed by atoms with Crippen molar-refractivity contribution >= 4 is 6.09 Å². The van der Waals surface area contributed by atoms with E-state index in [0.29, 0.717) is 13.2 Å². The molecule has 25 heavy (non-hydrogen) atoms. The van der Waals surface area contributed by atoms with Crippen molar-refractivity contribution in [2.24, 2.45) is 0 Å². The molecule has 0 fully saturated rings. The predicted molar refractivity (Wildman–Crippen MR) is 96.1 cm³/mol. The zero-order valence-corrected chi connectivity index (χ0v) is 13.7. The molecular weight excluding hydrogens is 312 g/mol. The van der Waals surface area contributed by atoms with Crippen LogP contribution in [0.5, 0.6) is 0 Å². The Labute approximate surface area is 146 Å². The molecule has 1 amide bonds. The van der Waals surface area contributed by atoms with Gasteiger partial charge in [-0.05, 0) is 33.9 Å². The maximum absolute atomic E-state index is 12.0. The van der Waals surface area contributed by atoms with E-state index < -0.39 is 6.09 Å². The third-order valence-corrected chi connectivity index (χ3v) is 4.50. The molecule has 2 aromatic carbocycles. The molecule has 0 atom stereocenters. The number of carbonyl (C=O) groups excluding carboxylic acids is 1. The van der Waals surface area contributed by atoms with Crippen LogP contribution in [0.3, 0.4) is 0 Å². The van der Waals surface area contributed by atoms with E-state index in [1.54, 1.807) is 12.4 Å². The topological polar surface area (TPSA) is 51.2 Å². The third-order valence-electron chi connectivity index (χ3n) is 4.50. The quantitative estimate of drug-likeness (QED) is 0.783. The van der Waals surface area contributed by atoms with Gasteiger partial charge in [-0.15, -0.1) is 0 Å². The van der Waals surface area contributed by atoms with Crippen molar-refractivity contribution in [3.63, 3.8) is 0 Å². The number of pyridine rings is 1. The number of rotatable bonds is 4. The third kappa shape index (κ3) is 3.11. The largest absolute Gasteiger partial charge is 0.449 e. The van der Waals surface area contributed by atoms with Gasteiger partial charge < -0.3 is 10.1 Å². The highest BCUT2D eigenvalue weighted by Gasteiger charge is 2.28. The van der Waals surface area contributed by atoms with Crippen LogP contribution >= 0.6 is 0 Å². The molecule has 4 heteroatoms. The second-order valence-electron chi connectivity index (χ2n) is 6.04. The smallest absolute Gasteiger partial charge is 0.407 e. The Hall–Kier alpha value is -3.14. The summed E-state index contributed by atoms with van der Waals surface area (Å²) in [5.74, 6) is 0.0801. The zero-order valence-electron chi connectivity index (χ0n) is 13.7. The van der Waals surface area contributed by atoms with Gasteiger partial charge in [0.2, 0.25) is 0 Å². The Morgan fingerprint density at radius 3 is 2.28 bits per heavy atom. The fourth-order valence-electron chi connectivity index (χ4n) is 3.33. The Morgan fingerprint density at radius 2 is 1.64 bits per heavy atom. The van der Waals surface area contributed by atoms with Gasteiger partial charge in [0.15, 0.2) is 0 Å². The molecule has 0 saturated carbocycles. The number of nitrogens with zero attached hydrogens (tertiary/aromatic N) is 1. The predicted octanol–water partition coefficient (Wildman–Crippen LogP) is 4.12. The standard InChI is InChI=1S/C21H18N2O2/c24-21(23-13-15-6-5-11-22-12-15)25-14-20-18-9-3-1-7-16(18)17-8-2-4-10-19(17)20/h1-12,20H,13-14H2,(H,23,24). The molecule has 3 aromatic rings. The normalized spacial score (nSPS) is 12.3. The fraction of sp³-hybridized carbons (Fsp3) is 0.143. The average molecular weight is 330 g/mol. The van der Waals surface area contributed by atoms with Gasteiger partial charge in [-0.3, -0.25) is 4.98 Å². The van der Waals surface area contributed by atoms with Crippen LogP contribution in [0, 0.1) is 0 Å². The van der Waals surface area contributed by atoms with Gasteiger partial charge in [0.1, 0.15) is 6.61 Å². The Kier molecular flexibility index (Phi) is 4.17. The van der Waals surface area contributed by atoms with Gasteiger partial charge >= 0.3 is 6.09 Å². The van der Waals surface area contributed by atoms with Gasteiger partial charge in [0.05, 0.1) is 0 Å². The molecule has 1 aromatic heterocycles. The number of hydrogen-bond donors (Lipinski definition) is 1. The molecule has 1 N–H and O–H groups in total. The van der Waals surface area contributed by atoms with Crippen molar-refractivity contribution in [3.8, 4) is 11.1 Å². The number of nitrogens with one attached hydrogen (secondary N) is 1. The molecule has 1 aliphatic rings. The summed E-state index contributed by atoms with van der Waals surface area (Å²) in [4.78, 5) is 16.1. The fourth-order valence-corrected chi connectivity index (χ4v) is 3.33. The maximum atomic E-state index is 12.0. The molecule has 0 aliphatic heterocycles. The van der Waals surface area contributed by atoms with Crippen LogP contribution in [-0.2, 0) is 11.3 Å². The van der Waals surface area contributed by atoms with Crippen molar-refractivity contribution in [2.45, 2.75) is 12.5 Å². The Bertz CT molecular complexity index is 848. The van der Waals surface area contributed by atoms with Crippen LogP contribution in [0.2, 0.25) is 0 Å². The number of carbonyl (C=O) groups is 1. The highest BCUT2D eigenvalue weighted by Crippen LogP contribution is 2.44. The summed E-state index contributed by atoms with van der Waals surface area (Å²) in [6.45, 7) is 0.734. The highest BCUT2D eigenvalue weighted by molar-refractivity contribution is 5.79. The minimum atomic E-state index is -0.411. The first-order chi connectivity index (χ1) is 12.3. The molecule has 0 bridgehead atoms. The van der Waals surface area contributed by atoms with E-state index in [4.69, 9.17) is 4.74 Å². The molecular formula is C21H18N2O2. The van der Waals surface area contributed by atoms with E-state index in [9.17, 15) is 4.79 Å². The first-order valence-corrected chi connectivity index (χ1v) is 8.30. The molecule has 1 aliphatic carbocycles. The van der Waals surface area contributed by atoms with E-state index >= 15 is 0 Å². The summed E-state index contributed by atoms with van der Waals surface area (Å²) < 4.78 is 5.49. The van der Waals surface area contributed by atoms with Gasteiger partial charge in [0, 0.05) is 24.9 Å². The van der Waals surface area contributed by atoms with Crippen LogP contribution in [0.25, 0.3) is 11.1 Å². The zero-order chi connectivity index (χ0) is 17.1. The molecule has 4 rings (SSSR count). The summed E-state index contributed by atoms with van der Waals surface area (Å²) in [6, 6.07) is 20.4. The summed E-state index contributed by atoms with van der Waals surface area (Å²) in [5, 5.41) is 2.77. The van der Waals surface area contributed by atoms with Crippen molar-refractivity contribution in [3.05, 3.63) is 89.7 Å². The lowest BCUT2D eigenvalue weighted by molar-refractivity contribution is 0.142. The first kappa shape index (κ1) is 15.4. The van der Waals surface area contributed by atoms with Gasteiger partial charge in [0.25, 0.3) is 0 Å². The van der Waals surface area contributed by atoms with Crippen molar-refractivity contribution < 1.29 is 9.53 Å². The summed E-state index contributed by atoms with van der Waals surface area (Å²) in [6.07, 6.45) is 3.02. The SMILES string of the molecule is O=C(NCc1cccnc1)OCC1c2ccccc2-c2ccccc21. The minimum Gasteiger partial charge on any atom is -0.449 e. The maximum Gasteiger partial charge on any atom is 0.407 e. The monoisotopic (exact) mass is 330 g/mol. The second kappa shape index (κ2) is 6.77. The molecule has 0 spiro atoms. The van der Waals surface area contributed by atoms with Crippen LogP contribution in [0.15, 0.2) is 73.1 Å². The number of amides is 1. The Balaban J connectivity index is 1.43. The molecule has 124 valence electrons. The second-order valence-corrected chi connectivity index (χ2v) is 6.04. The highest BCUT2D eigenvalue weighted by atomic mass is 16.5. The summed E-state index contributed by atoms with van der Waals surface area (Å²) in [5.41, 5.74) is 5.81. The van der Waals surface area contributed by atoms with E-state index in [2.05, 4.69) is 34.6 Å². The summed E-state index contributed by atoms with van der Waals surface area (Å²) in [7, 11) is 0. The van der Waals surface area contributed by atoms with Gasteiger partial charge in [-0.2, -0.15) is 0 Å². The van der Waals surface area contributed by atoms with E-state index in [1.807, 2.05) is 36.4 Å². The minimum absolute atomic E-state index is 0.0801. The molecule has 0 unspecified atom stereocenters. The Morgan fingerprint density at radius 1 is 0.960 bits per heavy atom. The molecule has 0 saturated heterocycles. The van der Waals surface area contributed by atoms with Crippen molar-refractivity contribution in [2.75, 3.05) is 6.61 Å². The van der Waals surface area contributed by atoms with E-state index in [-0.39, 0.29) is 5.92 Å². The lowest BCUT2D eigenvalue weighted by Crippen LogP contribution is -2.25. The first-order valence-electron chi connectivity index (χ1n) is 8.30. The number of benzene rings is 2. The van der Waals surface area contributed by atoms with Crippen LogP contribution < -0.4 is 5.32 Å². The average Bonchev–Trinajstić information content (AvgIpc) is 2.99. The number of fused-ring (bicyclic) bond motifs is 3. The van der Waals surface area contributed by atoms with E-state index in [0.717, 1.165) is 5.56 Å². The van der Waals surface area contributed by atoms with Crippen LogP contribution in [0.1, 0.15) is 22.6 Å². The van der Waals surface area contributed by atoms with E-state index in [1.165, 1.54) is 22.3 Å². The molecule has 0 radical (unpaired) electrons. The molecule has 4 nitrogen and oxygen atoms in total. The number of ether oxygens (including phenoxy) is 1. The lowest BCUT2D eigenvalue weighted by Gasteiger charge is -2.14. The summed E-state index contributed by atoms with van der Waals surface area (Å²) >= 11 is 0. The van der Waals surface area contributed by atoms with Crippen LogP contribution in [-0.4, -0.2) is 17.7 Å². The van der Waals surface area contributed by atoms with Crippen molar-refractivity contribution in [1.29, 1.82) is 0 Å².